The monoisotopic (exact) mass is 444 g/mol. The van der Waals surface area contributed by atoms with Crippen LogP contribution in [-0.2, 0) is 22.5 Å². The average Bonchev–Trinajstić information content (AvgIpc) is 2.98. The number of esters is 1. The van der Waals surface area contributed by atoms with Gasteiger partial charge in [0.15, 0.2) is 0 Å². The van der Waals surface area contributed by atoms with E-state index in [0.717, 1.165) is 11.3 Å². The van der Waals surface area contributed by atoms with Crippen LogP contribution in [0, 0.1) is 6.92 Å². The van der Waals surface area contributed by atoms with Crippen molar-refractivity contribution < 1.29 is 14.3 Å². The van der Waals surface area contributed by atoms with E-state index in [-0.39, 0.29) is 12.4 Å². The zero-order chi connectivity index (χ0) is 21.8. The number of carbonyl (C=O) groups is 2. The lowest BCUT2D eigenvalue weighted by molar-refractivity contribution is -0.140. The Morgan fingerprint density at radius 1 is 1.10 bits per heavy atom. The van der Waals surface area contributed by atoms with Crippen LogP contribution in [0.4, 0.5) is 0 Å². The van der Waals surface area contributed by atoms with Gasteiger partial charge >= 0.3 is 5.97 Å². The van der Waals surface area contributed by atoms with Gasteiger partial charge in [0, 0.05) is 39.1 Å². The average molecular weight is 445 g/mol. The molecular formula is C23H22Cl2N2O3. The number of carbonyl (C=O) groups excluding carboxylic acids is 2. The van der Waals surface area contributed by atoms with Gasteiger partial charge in [0.1, 0.15) is 0 Å². The summed E-state index contributed by atoms with van der Waals surface area (Å²) in [5.41, 5.74) is 9.97. The van der Waals surface area contributed by atoms with Crippen molar-refractivity contribution in [3.8, 4) is 11.1 Å². The Hall–Kier alpha value is -2.76. The second-order valence-corrected chi connectivity index (χ2v) is 7.76. The fraction of sp³-hybridized carbons (Fsp3) is 0.217. The van der Waals surface area contributed by atoms with E-state index in [1.165, 1.54) is 7.11 Å². The molecule has 0 unspecified atom stereocenters. The van der Waals surface area contributed by atoms with E-state index in [1.807, 2.05) is 47.9 Å². The molecule has 3 rings (SSSR count). The summed E-state index contributed by atoms with van der Waals surface area (Å²) < 4.78 is 6.81. The van der Waals surface area contributed by atoms with Crippen molar-refractivity contribution in [3.63, 3.8) is 0 Å². The molecule has 0 saturated heterocycles. The highest BCUT2D eigenvalue weighted by Crippen LogP contribution is 2.38. The largest absolute Gasteiger partial charge is 0.469 e. The van der Waals surface area contributed by atoms with Crippen LogP contribution < -0.4 is 5.73 Å². The molecule has 3 aromatic rings. The molecule has 5 nitrogen and oxygen atoms in total. The number of nitrogens with zero attached hydrogens (tertiary/aromatic N) is 1. The molecule has 0 spiro atoms. The first-order chi connectivity index (χ1) is 14.3. The molecule has 7 heteroatoms. The highest BCUT2D eigenvalue weighted by atomic mass is 35.5. The van der Waals surface area contributed by atoms with E-state index in [4.69, 9.17) is 33.7 Å². The van der Waals surface area contributed by atoms with Crippen LogP contribution in [0.1, 0.15) is 33.7 Å². The Kier molecular flexibility index (Phi) is 6.85. The molecule has 2 aromatic carbocycles. The van der Waals surface area contributed by atoms with Gasteiger partial charge in [-0.2, -0.15) is 0 Å². The first-order valence-electron chi connectivity index (χ1n) is 9.41. The number of amides is 1. The fourth-order valence-corrected chi connectivity index (χ4v) is 4.11. The number of halogens is 2. The maximum Gasteiger partial charge on any atom is 0.305 e. The summed E-state index contributed by atoms with van der Waals surface area (Å²) in [5, 5.41) is 1.12. The Morgan fingerprint density at radius 2 is 1.83 bits per heavy atom. The van der Waals surface area contributed by atoms with Gasteiger partial charge in [0.25, 0.3) is 5.91 Å². The molecule has 156 valence electrons. The maximum atomic E-state index is 12.4. The summed E-state index contributed by atoms with van der Waals surface area (Å²) >= 11 is 12.6. The van der Waals surface area contributed by atoms with E-state index >= 15 is 0 Å². The molecule has 0 atom stereocenters. The van der Waals surface area contributed by atoms with Crippen LogP contribution >= 0.6 is 23.2 Å². The lowest BCUT2D eigenvalue weighted by Crippen LogP contribution is -2.13. The molecule has 0 aliphatic rings. The fourth-order valence-electron chi connectivity index (χ4n) is 3.67. The molecule has 0 radical (unpaired) electrons. The van der Waals surface area contributed by atoms with Gasteiger partial charge in [-0.3, -0.25) is 9.59 Å². The van der Waals surface area contributed by atoms with Gasteiger partial charge < -0.3 is 15.0 Å². The summed E-state index contributed by atoms with van der Waals surface area (Å²) in [7, 11) is 1.35. The summed E-state index contributed by atoms with van der Waals surface area (Å²) in [6.45, 7) is 2.31. The SMILES string of the molecule is COC(=O)CCc1c(-c2ccccc2Cl)c(C(N)=O)c(C)n1Cc1cccc(Cl)c1. The van der Waals surface area contributed by atoms with Gasteiger partial charge in [0.05, 0.1) is 19.1 Å². The molecule has 0 bridgehead atoms. The number of ether oxygens (including phenoxy) is 1. The standard InChI is InChI=1S/C23H22Cl2N2O3/c1-14-21(23(26)29)22(17-8-3-4-9-18(17)25)19(10-11-20(28)30-2)27(14)13-15-6-5-7-16(24)12-15/h3-9,12H,10-11,13H2,1-2H3,(H2,26,29). The predicted molar refractivity (Wildman–Crippen MR) is 119 cm³/mol. The lowest BCUT2D eigenvalue weighted by Gasteiger charge is -2.14. The molecule has 1 amide bonds. The van der Waals surface area contributed by atoms with E-state index in [9.17, 15) is 9.59 Å². The van der Waals surface area contributed by atoms with Gasteiger partial charge in [-0.15, -0.1) is 0 Å². The maximum absolute atomic E-state index is 12.4. The Morgan fingerprint density at radius 3 is 2.47 bits per heavy atom. The third-order valence-corrected chi connectivity index (χ3v) is 5.61. The first kappa shape index (κ1) is 21.9. The van der Waals surface area contributed by atoms with Crippen LogP contribution in [0.25, 0.3) is 11.1 Å². The van der Waals surface area contributed by atoms with Crippen LogP contribution in [-0.4, -0.2) is 23.6 Å². The van der Waals surface area contributed by atoms with Gasteiger partial charge in [-0.25, -0.2) is 0 Å². The molecule has 0 saturated carbocycles. The van der Waals surface area contributed by atoms with Crippen LogP contribution in [0.15, 0.2) is 48.5 Å². The van der Waals surface area contributed by atoms with Crippen molar-refractivity contribution in [3.05, 3.63) is 81.1 Å². The van der Waals surface area contributed by atoms with E-state index < -0.39 is 5.91 Å². The van der Waals surface area contributed by atoms with Crippen LogP contribution in [0.2, 0.25) is 10.0 Å². The number of aromatic nitrogens is 1. The number of methoxy groups -OCH3 is 1. The normalized spacial score (nSPS) is 10.8. The molecular weight excluding hydrogens is 423 g/mol. The zero-order valence-electron chi connectivity index (χ0n) is 16.7. The van der Waals surface area contributed by atoms with Crippen molar-refractivity contribution in [2.24, 2.45) is 5.73 Å². The Labute approximate surface area is 185 Å². The van der Waals surface area contributed by atoms with Crippen molar-refractivity contribution in [2.45, 2.75) is 26.3 Å². The van der Waals surface area contributed by atoms with Crippen LogP contribution in [0.3, 0.4) is 0 Å². The minimum absolute atomic E-state index is 0.158. The van der Waals surface area contributed by atoms with E-state index in [2.05, 4.69) is 0 Å². The third-order valence-electron chi connectivity index (χ3n) is 5.04. The molecule has 1 heterocycles. The van der Waals surface area contributed by atoms with Gasteiger partial charge in [0.2, 0.25) is 0 Å². The lowest BCUT2D eigenvalue weighted by atomic mass is 9.98. The molecule has 1 aromatic heterocycles. The number of hydrogen-bond donors (Lipinski definition) is 1. The van der Waals surface area contributed by atoms with Crippen LogP contribution in [0.5, 0.6) is 0 Å². The quantitative estimate of drug-likeness (QED) is 0.519. The predicted octanol–water partition coefficient (Wildman–Crippen LogP) is 5.02. The highest BCUT2D eigenvalue weighted by molar-refractivity contribution is 6.33. The minimum atomic E-state index is -0.549. The number of hydrogen-bond acceptors (Lipinski definition) is 3. The van der Waals surface area contributed by atoms with E-state index in [1.54, 1.807) is 12.1 Å². The van der Waals surface area contributed by atoms with Crippen molar-refractivity contribution in [2.75, 3.05) is 7.11 Å². The summed E-state index contributed by atoms with van der Waals surface area (Å²) in [6, 6.07) is 14.8. The molecule has 0 aliphatic carbocycles. The molecule has 0 fully saturated rings. The number of nitrogens with two attached hydrogens (primary N) is 1. The van der Waals surface area contributed by atoms with Gasteiger partial charge in [-0.05, 0) is 37.1 Å². The third kappa shape index (κ3) is 4.53. The highest BCUT2D eigenvalue weighted by Gasteiger charge is 2.26. The Balaban J connectivity index is 2.24. The van der Waals surface area contributed by atoms with E-state index in [0.29, 0.717) is 45.4 Å². The molecule has 2 N–H and O–H groups in total. The summed E-state index contributed by atoms with van der Waals surface area (Å²) in [4.78, 5) is 24.3. The topological polar surface area (TPSA) is 74.3 Å². The van der Waals surface area contributed by atoms with Crippen molar-refractivity contribution >= 4 is 35.1 Å². The Bertz CT molecular complexity index is 1110. The minimum Gasteiger partial charge on any atom is -0.469 e. The smallest absolute Gasteiger partial charge is 0.305 e. The second kappa shape index (κ2) is 9.37. The molecule has 0 aliphatic heterocycles. The number of rotatable bonds is 7. The first-order valence-corrected chi connectivity index (χ1v) is 10.2. The summed E-state index contributed by atoms with van der Waals surface area (Å²) in [6.07, 6.45) is 0.521. The zero-order valence-corrected chi connectivity index (χ0v) is 18.3. The number of primary amides is 1. The number of benzene rings is 2. The van der Waals surface area contributed by atoms with Crippen molar-refractivity contribution in [1.82, 2.24) is 4.57 Å². The van der Waals surface area contributed by atoms with Gasteiger partial charge in [-0.1, -0.05) is 53.5 Å². The summed E-state index contributed by atoms with van der Waals surface area (Å²) in [5.74, 6) is -0.888. The van der Waals surface area contributed by atoms with Crippen molar-refractivity contribution in [1.29, 1.82) is 0 Å². The molecule has 30 heavy (non-hydrogen) atoms. The second-order valence-electron chi connectivity index (χ2n) is 6.92.